The second-order valence-electron chi connectivity index (χ2n) is 6.57. The Bertz CT molecular complexity index is 1200. The van der Waals surface area contributed by atoms with Crippen LogP contribution >= 0.6 is 0 Å². The molecule has 0 aromatic heterocycles. The summed E-state index contributed by atoms with van der Waals surface area (Å²) in [4.78, 5) is 43.4. The molecule has 3 rings (SSSR count). The number of fused-ring (bicyclic) bond motifs is 1. The summed E-state index contributed by atoms with van der Waals surface area (Å²) in [5.41, 5.74) is 1.05. The van der Waals surface area contributed by atoms with Gasteiger partial charge in [-0.15, -0.1) is 0 Å². The van der Waals surface area contributed by atoms with Crippen molar-refractivity contribution in [3.8, 4) is 17.3 Å². The van der Waals surface area contributed by atoms with Gasteiger partial charge < -0.3 is 30.6 Å². The number of esters is 1. The van der Waals surface area contributed by atoms with E-state index in [1.807, 2.05) is 6.92 Å². The number of hydrogen-bond acceptors (Lipinski definition) is 8. The molecular weight excluding hydrogens is 408 g/mol. The molecule has 0 saturated heterocycles. The monoisotopic (exact) mass is 425 g/mol. The Morgan fingerprint density at radius 2 is 1.84 bits per heavy atom. The van der Waals surface area contributed by atoms with E-state index in [0.29, 0.717) is 5.69 Å². The van der Waals surface area contributed by atoms with Crippen molar-refractivity contribution in [2.75, 3.05) is 12.4 Å². The minimum absolute atomic E-state index is 0.0932. The van der Waals surface area contributed by atoms with Crippen LogP contribution in [0.15, 0.2) is 42.5 Å². The number of aromatic hydroxyl groups is 1. The third-order valence-corrected chi connectivity index (χ3v) is 4.43. The molecule has 11 heteroatoms. The average Bonchev–Trinajstić information content (AvgIpc) is 2.75. The fraction of sp³-hybridized carbons (Fsp3) is 0.150. The highest BCUT2D eigenvalue weighted by atomic mass is 16.8. The number of ether oxygens (including phenoxy) is 1. The van der Waals surface area contributed by atoms with Gasteiger partial charge in [-0.3, -0.25) is 14.4 Å². The van der Waals surface area contributed by atoms with E-state index < -0.39 is 40.1 Å². The number of nitrogens with zero attached hydrogens (tertiary/aromatic N) is 2. The van der Waals surface area contributed by atoms with E-state index in [0.717, 1.165) is 18.7 Å². The van der Waals surface area contributed by atoms with Gasteiger partial charge in [-0.1, -0.05) is 17.7 Å². The Hall–Kier alpha value is -4.41. The molecule has 1 atom stereocenters. The predicted octanol–water partition coefficient (Wildman–Crippen LogP) is 0.761. The van der Waals surface area contributed by atoms with Crippen molar-refractivity contribution in [3.63, 3.8) is 0 Å². The molecule has 0 spiro atoms. The summed E-state index contributed by atoms with van der Waals surface area (Å²) in [6.07, 6.45) is 0. The van der Waals surface area contributed by atoms with Gasteiger partial charge in [0, 0.05) is 17.8 Å². The number of aromatic nitrogens is 2. The van der Waals surface area contributed by atoms with E-state index in [1.165, 1.54) is 12.1 Å². The molecule has 11 nitrogen and oxygen atoms in total. The highest BCUT2D eigenvalue weighted by Crippen LogP contribution is 2.29. The molecule has 160 valence electrons. The Balaban J connectivity index is 2.01. The van der Waals surface area contributed by atoms with Crippen LogP contribution in [0.25, 0.3) is 11.4 Å². The fourth-order valence-corrected chi connectivity index (χ4v) is 2.83. The largest absolute Gasteiger partial charge is 0.612 e. The number of carbonyl (C=O) groups excluding carboxylic acids is 3. The van der Waals surface area contributed by atoms with E-state index in [4.69, 9.17) is 0 Å². The average molecular weight is 425 g/mol. The highest BCUT2D eigenvalue weighted by Gasteiger charge is 2.38. The standard InChI is InChI=1S/C20H17N4O7/c1-10-3-5-11(6-4-10)21-19(27)17(25)15(20(28)31-2)16-18(26)23-14-9-12(24(29)30)7-8-13(14)22-16/h3-9,15H,1-2H3,(H3-,21,22,23,25,26,27,29,30)/q-1. The van der Waals surface area contributed by atoms with Crippen molar-refractivity contribution < 1.29 is 24.2 Å². The van der Waals surface area contributed by atoms with E-state index in [1.54, 1.807) is 24.3 Å². The smallest absolute Gasteiger partial charge is 0.323 e. The summed E-state index contributed by atoms with van der Waals surface area (Å²) in [5, 5.41) is 34.3. The highest BCUT2D eigenvalue weighted by molar-refractivity contribution is 6.45. The summed E-state index contributed by atoms with van der Waals surface area (Å²) in [7, 11) is 1.02. The fourth-order valence-electron chi connectivity index (χ4n) is 2.83. The molecule has 1 aromatic rings. The maximum atomic E-state index is 12.8. The number of nitrogens with one attached hydrogen (secondary N) is 2. The van der Waals surface area contributed by atoms with Crippen molar-refractivity contribution in [1.29, 1.82) is 0 Å². The van der Waals surface area contributed by atoms with E-state index >= 15 is 0 Å². The van der Waals surface area contributed by atoms with Crippen molar-refractivity contribution in [1.82, 2.24) is 14.9 Å². The predicted molar refractivity (Wildman–Crippen MR) is 108 cm³/mol. The van der Waals surface area contributed by atoms with Gasteiger partial charge in [-0.05, 0) is 25.1 Å². The minimum Gasteiger partial charge on any atom is -0.612 e. The van der Waals surface area contributed by atoms with E-state index in [9.17, 15) is 29.9 Å². The van der Waals surface area contributed by atoms with Crippen LogP contribution in [0, 0.1) is 17.3 Å². The first kappa shape index (κ1) is 21.3. The summed E-state index contributed by atoms with van der Waals surface area (Å²) in [5.74, 6) is -5.98. The van der Waals surface area contributed by atoms with Gasteiger partial charge in [0.1, 0.15) is 5.69 Å². The van der Waals surface area contributed by atoms with E-state index in [-0.39, 0.29) is 16.7 Å². The van der Waals surface area contributed by atoms with Gasteiger partial charge in [0.05, 0.1) is 18.5 Å². The Kier molecular flexibility index (Phi) is 5.86. The van der Waals surface area contributed by atoms with Crippen molar-refractivity contribution in [2.24, 2.45) is 0 Å². The summed E-state index contributed by atoms with van der Waals surface area (Å²) in [6.45, 7) is 1.85. The quantitative estimate of drug-likeness (QED) is 0.233. The lowest BCUT2D eigenvalue weighted by molar-refractivity contribution is -0.148. The first-order valence-electron chi connectivity index (χ1n) is 8.91. The number of amides is 1. The Morgan fingerprint density at radius 1 is 1.16 bits per heavy atom. The number of ketones is 1. The maximum absolute atomic E-state index is 12.8. The first-order valence-corrected chi connectivity index (χ1v) is 8.91. The summed E-state index contributed by atoms with van der Waals surface area (Å²) < 4.78 is 4.63. The molecule has 3 N–H and O–H groups in total. The molecule has 31 heavy (non-hydrogen) atoms. The third kappa shape index (κ3) is 4.45. The first-order chi connectivity index (χ1) is 14.7. The molecule has 1 aliphatic carbocycles. The number of benzene rings is 2. The number of hydrogen-bond donors (Lipinski definition) is 3. The molecule has 0 fully saturated rings. The van der Waals surface area contributed by atoms with Gasteiger partial charge in [0.15, 0.2) is 5.92 Å². The van der Waals surface area contributed by atoms with Crippen LogP contribution in [0.1, 0.15) is 17.2 Å². The molecule has 1 aliphatic heterocycles. The lowest BCUT2D eigenvalue weighted by Gasteiger charge is -2.16. The SMILES string of the molecule is COC(=O)C(C(=O)C(=O)Nc1ccc(C)cc1)c1nc2ccc(=[N+]([O-])[O-])cc-2[nH]c1O. The van der Waals surface area contributed by atoms with Crippen LogP contribution in [0.4, 0.5) is 5.69 Å². The number of H-pyrrole nitrogens is 1. The molecule has 0 bridgehead atoms. The Morgan fingerprint density at radius 3 is 2.45 bits per heavy atom. The van der Waals surface area contributed by atoms with Crippen LogP contribution in [-0.4, -0.2) is 39.8 Å². The van der Waals surface area contributed by atoms with Crippen molar-refractivity contribution >= 4 is 23.3 Å². The summed E-state index contributed by atoms with van der Waals surface area (Å²) in [6, 6.07) is 10.2. The number of rotatable bonds is 5. The molecule has 1 amide bonds. The molecule has 0 saturated carbocycles. The number of aryl methyl sites for hydroxylation is 1. The topological polar surface area (TPSA) is 171 Å². The van der Waals surface area contributed by atoms with Crippen LogP contribution in [0.5, 0.6) is 5.88 Å². The van der Waals surface area contributed by atoms with Crippen LogP contribution in [0.2, 0.25) is 0 Å². The van der Waals surface area contributed by atoms with E-state index in [2.05, 4.69) is 20.0 Å². The number of methoxy groups -OCH3 is 1. The van der Waals surface area contributed by atoms with Crippen LogP contribution in [-0.2, 0) is 19.1 Å². The van der Waals surface area contributed by atoms with Crippen molar-refractivity contribution in [2.45, 2.75) is 12.8 Å². The second-order valence-corrected chi connectivity index (χ2v) is 6.57. The lowest BCUT2D eigenvalue weighted by Crippen LogP contribution is -2.34. The normalized spacial score (nSPS) is 11.5. The molecule has 0 radical (unpaired) electrons. The second kappa shape index (κ2) is 8.53. The van der Waals surface area contributed by atoms with Gasteiger partial charge in [-0.25, -0.2) is 4.98 Å². The van der Waals surface area contributed by atoms with Gasteiger partial charge >= 0.3 is 5.97 Å². The number of aromatic amines is 1. The third-order valence-electron chi connectivity index (χ3n) is 4.43. The minimum atomic E-state index is -1.86. The number of carbonyl (C=O) groups is 3. The number of anilines is 1. The zero-order chi connectivity index (χ0) is 22.7. The molecule has 1 aromatic carbocycles. The molecule has 2 aliphatic rings. The van der Waals surface area contributed by atoms with Gasteiger partial charge in [-0.2, -0.15) is 4.90 Å². The van der Waals surface area contributed by atoms with Gasteiger partial charge in [0.25, 0.3) is 5.91 Å². The molecule has 1 unspecified atom stereocenters. The lowest BCUT2D eigenvalue weighted by atomic mass is 9.98. The number of Topliss-reactive ketones (excluding diaryl/α,β-unsaturated/α-hetero) is 1. The summed E-state index contributed by atoms with van der Waals surface area (Å²) >= 11 is 0. The zero-order valence-electron chi connectivity index (χ0n) is 16.4. The molecule has 1 heterocycles. The van der Waals surface area contributed by atoms with Crippen LogP contribution in [0.3, 0.4) is 0 Å². The van der Waals surface area contributed by atoms with Gasteiger partial charge in [0.2, 0.25) is 17.0 Å². The zero-order valence-corrected chi connectivity index (χ0v) is 16.4. The molecular formula is C20H17N4O7-. The maximum Gasteiger partial charge on any atom is 0.323 e. The van der Waals surface area contributed by atoms with Crippen molar-refractivity contribution in [3.05, 3.63) is 69.5 Å². The van der Waals surface area contributed by atoms with Crippen LogP contribution < -0.4 is 15.6 Å². The Labute approximate surface area is 175 Å².